The van der Waals surface area contributed by atoms with E-state index in [2.05, 4.69) is 18.3 Å². The maximum absolute atomic E-state index is 12.2. The molecule has 1 N–H and O–H groups in total. The second-order valence-corrected chi connectivity index (χ2v) is 6.27. The molecule has 0 bridgehead atoms. The minimum Gasteiger partial charge on any atom is -0.325 e. The van der Waals surface area contributed by atoms with E-state index in [0.29, 0.717) is 6.42 Å². The van der Waals surface area contributed by atoms with Crippen LogP contribution in [0.3, 0.4) is 0 Å². The quantitative estimate of drug-likeness (QED) is 0.449. The van der Waals surface area contributed by atoms with Gasteiger partial charge in [0.1, 0.15) is 0 Å². The van der Waals surface area contributed by atoms with Crippen molar-refractivity contribution in [3.8, 4) is 0 Å². The Balaban J connectivity index is 1.74. The summed E-state index contributed by atoms with van der Waals surface area (Å²) in [5, 5.41) is 5.15. The third-order valence-corrected chi connectivity index (χ3v) is 4.34. The molecule has 0 fully saturated rings. The second kappa shape index (κ2) is 7.91. The second-order valence-electron chi connectivity index (χ2n) is 6.27. The zero-order valence-corrected chi connectivity index (χ0v) is 14.2. The maximum atomic E-state index is 12.2. The Morgan fingerprint density at radius 2 is 1.75 bits per heavy atom. The average Bonchev–Trinajstić information content (AvgIpc) is 2.60. The monoisotopic (exact) mass is 320 g/mol. The molecule has 0 aliphatic carbocycles. The molecule has 24 heavy (non-hydrogen) atoms. The van der Waals surface area contributed by atoms with Gasteiger partial charge in [0.2, 0.25) is 5.91 Å². The number of carbonyl (C=O) groups is 1. The van der Waals surface area contributed by atoms with E-state index in [0.717, 1.165) is 40.3 Å². The van der Waals surface area contributed by atoms with Gasteiger partial charge in [0, 0.05) is 17.2 Å². The van der Waals surface area contributed by atoms with Gasteiger partial charge in [-0.15, -0.1) is 0 Å². The highest BCUT2D eigenvalue weighted by atomic mass is 16.1. The van der Waals surface area contributed by atoms with Gasteiger partial charge in [-0.3, -0.25) is 4.79 Å². The van der Waals surface area contributed by atoms with E-state index in [-0.39, 0.29) is 5.91 Å². The third-order valence-electron chi connectivity index (χ3n) is 4.34. The number of benzene rings is 2. The topological polar surface area (TPSA) is 42.0 Å². The van der Waals surface area contributed by atoms with Crippen LogP contribution in [0.25, 0.3) is 21.8 Å². The van der Waals surface area contributed by atoms with Crippen molar-refractivity contribution in [3.63, 3.8) is 0 Å². The van der Waals surface area contributed by atoms with E-state index in [4.69, 9.17) is 4.98 Å². The molecule has 0 saturated carbocycles. The van der Waals surface area contributed by atoms with Gasteiger partial charge >= 0.3 is 0 Å². The highest BCUT2D eigenvalue weighted by Gasteiger charge is 2.07. The zero-order chi connectivity index (χ0) is 16.8. The summed E-state index contributed by atoms with van der Waals surface area (Å²) in [5.74, 6) is 0.0900. The Hall–Kier alpha value is -2.42. The van der Waals surface area contributed by atoms with Crippen LogP contribution < -0.4 is 5.32 Å². The van der Waals surface area contributed by atoms with E-state index >= 15 is 0 Å². The number of carbonyl (C=O) groups excluding carboxylic acids is 1. The van der Waals surface area contributed by atoms with Crippen molar-refractivity contribution in [2.75, 3.05) is 5.32 Å². The van der Waals surface area contributed by atoms with Gasteiger partial charge in [0.05, 0.1) is 16.7 Å². The summed E-state index contributed by atoms with van der Waals surface area (Å²) in [6.45, 7) is 2.20. The van der Waals surface area contributed by atoms with Crippen molar-refractivity contribution >= 4 is 33.4 Å². The van der Waals surface area contributed by atoms with Crippen molar-refractivity contribution in [3.05, 3.63) is 48.5 Å². The number of anilines is 1. The first kappa shape index (κ1) is 16.4. The number of nitrogens with one attached hydrogen (secondary N) is 1. The molecule has 1 aromatic heterocycles. The Morgan fingerprint density at radius 3 is 2.62 bits per heavy atom. The minimum absolute atomic E-state index is 0.0900. The van der Waals surface area contributed by atoms with Crippen LogP contribution in [0.15, 0.2) is 48.5 Å². The highest BCUT2D eigenvalue weighted by molar-refractivity contribution is 6.04. The summed E-state index contributed by atoms with van der Waals surface area (Å²) in [6, 6.07) is 16.1. The highest BCUT2D eigenvalue weighted by Crippen LogP contribution is 2.26. The first-order valence-corrected chi connectivity index (χ1v) is 8.86. The van der Waals surface area contributed by atoms with Crippen LogP contribution in [0.5, 0.6) is 0 Å². The molecule has 3 rings (SSSR count). The number of pyridine rings is 1. The van der Waals surface area contributed by atoms with Gasteiger partial charge in [-0.05, 0) is 30.7 Å². The molecule has 1 amide bonds. The van der Waals surface area contributed by atoms with E-state index in [1.54, 1.807) is 0 Å². The van der Waals surface area contributed by atoms with Crippen LogP contribution in [-0.4, -0.2) is 10.9 Å². The normalized spacial score (nSPS) is 11.0. The van der Waals surface area contributed by atoms with Gasteiger partial charge in [0.25, 0.3) is 0 Å². The molecule has 0 atom stereocenters. The first-order valence-electron chi connectivity index (χ1n) is 8.86. The fraction of sp³-hybridized carbons (Fsp3) is 0.333. The molecule has 0 spiro atoms. The molecular weight excluding hydrogens is 296 g/mol. The minimum atomic E-state index is 0.0900. The molecule has 2 aromatic carbocycles. The number of nitrogens with zero attached hydrogens (tertiary/aromatic N) is 1. The maximum Gasteiger partial charge on any atom is 0.224 e. The molecule has 3 nitrogen and oxygen atoms in total. The van der Waals surface area contributed by atoms with Gasteiger partial charge in [0.15, 0.2) is 0 Å². The lowest BCUT2D eigenvalue weighted by Gasteiger charge is -2.09. The lowest BCUT2D eigenvalue weighted by Crippen LogP contribution is -2.11. The predicted molar refractivity (Wildman–Crippen MR) is 101 cm³/mol. The number of para-hydroxylation sites is 1. The molecule has 0 aliphatic rings. The van der Waals surface area contributed by atoms with E-state index in [1.165, 1.54) is 19.3 Å². The smallest absolute Gasteiger partial charge is 0.224 e. The van der Waals surface area contributed by atoms with E-state index in [1.807, 2.05) is 42.5 Å². The summed E-state index contributed by atoms with van der Waals surface area (Å²) < 4.78 is 0. The van der Waals surface area contributed by atoms with Crippen LogP contribution in [0, 0.1) is 0 Å². The summed E-state index contributed by atoms with van der Waals surface area (Å²) in [5.41, 5.74) is 2.74. The predicted octanol–water partition coefficient (Wildman–Crippen LogP) is 5.69. The van der Waals surface area contributed by atoms with Gasteiger partial charge < -0.3 is 5.32 Å². The van der Waals surface area contributed by atoms with Crippen molar-refractivity contribution in [2.24, 2.45) is 0 Å². The lowest BCUT2D eigenvalue weighted by atomic mass is 10.1. The Bertz CT molecular complexity index is 841. The van der Waals surface area contributed by atoms with Crippen LogP contribution in [0.2, 0.25) is 0 Å². The molecule has 124 valence electrons. The zero-order valence-electron chi connectivity index (χ0n) is 14.2. The summed E-state index contributed by atoms with van der Waals surface area (Å²) in [4.78, 5) is 16.9. The number of hydrogen-bond donors (Lipinski definition) is 1. The number of fused-ring (bicyclic) bond motifs is 2. The standard InChI is InChI=1S/C21H24N2O/c1-2-3-4-5-6-14-21(24)23-20-13-9-12-19-17(20)15-16-10-7-8-11-18(16)22-19/h7-13,15H,2-6,14H2,1H3,(H,23,24). The molecule has 0 saturated heterocycles. The SMILES string of the molecule is CCCCCCCC(=O)Nc1cccc2nc3ccccc3cc12. The van der Waals surface area contributed by atoms with Crippen molar-refractivity contribution in [1.82, 2.24) is 4.98 Å². The first-order chi connectivity index (χ1) is 11.8. The molecular formula is C21H24N2O. The van der Waals surface area contributed by atoms with Crippen molar-refractivity contribution in [1.29, 1.82) is 0 Å². The number of amides is 1. The Morgan fingerprint density at radius 1 is 0.958 bits per heavy atom. The Labute approximate surface area is 143 Å². The largest absolute Gasteiger partial charge is 0.325 e. The van der Waals surface area contributed by atoms with Crippen molar-refractivity contribution < 1.29 is 4.79 Å². The fourth-order valence-corrected chi connectivity index (χ4v) is 3.01. The summed E-state index contributed by atoms with van der Waals surface area (Å²) in [6.07, 6.45) is 6.36. The number of hydrogen-bond acceptors (Lipinski definition) is 2. The number of unbranched alkanes of at least 4 members (excludes halogenated alkanes) is 4. The van der Waals surface area contributed by atoms with Gasteiger partial charge in [-0.1, -0.05) is 56.9 Å². The van der Waals surface area contributed by atoms with Gasteiger partial charge in [-0.2, -0.15) is 0 Å². The fourth-order valence-electron chi connectivity index (χ4n) is 3.01. The van der Waals surface area contributed by atoms with Crippen molar-refractivity contribution in [2.45, 2.75) is 45.4 Å². The van der Waals surface area contributed by atoms with E-state index in [9.17, 15) is 4.79 Å². The summed E-state index contributed by atoms with van der Waals surface area (Å²) >= 11 is 0. The molecule has 3 aromatic rings. The third kappa shape index (κ3) is 3.91. The Kier molecular flexibility index (Phi) is 5.42. The lowest BCUT2D eigenvalue weighted by molar-refractivity contribution is -0.116. The van der Waals surface area contributed by atoms with Crippen LogP contribution in [0.1, 0.15) is 45.4 Å². The van der Waals surface area contributed by atoms with Crippen LogP contribution in [0.4, 0.5) is 5.69 Å². The molecule has 0 unspecified atom stereocenters. The number of rotatable bonds is 7. The molecule has 0 radical (unpaired) electrons. The van der Waals surface area contributed by atoms with Crippen LogP contribution >= 0.6 is 0 Å². The number of aromatic nitrogens is 1. The van der Waals surface area contributed by atoms with E-state index < -0.39 is 0 Å². The summed E-state index contributed by atoms with van der Waals surface area (Å²) in [7, 11) is 0. The van der Waals surface area contributed by atoms with Gasteiger partial charge in [-0.25, -0.2) is 4.98 Å². The van der Waals surface area contributed by atoms with Crippen LogP contribution in [-0.2, 0) is 4.79 Å². The molecule has 1 heterocycles. The molecule has 0 aliphatic heterocycles. The molecule has 3 heteroatoms. The average molecular weight is 320 g/mol.